The summed E-state index contributed by atoms with van der Waals surface area (Å²) in [4.78, 5) is 14.3. The largest absolute Gasteiger partial charge is 0.493 e. The van der Waals surface area contributed by atoms with Crippen LogP contribution in [0.1, 0.15) is 11.1 Å². The van der Waals surface area contributed by atoms with Crippen molar-refractivity contribution >= 4 is 5.82 Å². The molecule has 0 unspecified atom stereocenters. The van der Waals surface area contributed by atoms with Crippen LogP contribution in [0.2, 0.25) is 0 Å². The SMILES string of the molecule is COc1cc(-c2c(C#N)c(N)[nH]c(=O)c2C#N)cc2c1OCO2. The van der Waals surface area contributed by atoms with Gasteiger partial charge in [0.2, 0.25) is 12.5 Å². The van der Waals surface area contributed by atoms with Gasteiger partial charge in [0.15, 0.2) is 11.5 Å². The molecule has 1 aromatic heterocycles. The van der Waals surface area contributed by atoms with E-state index in [-0.39, 0.29) is 29.3 Å². The van der Waals surface area contributed by atoms with Crippen LogP contribution in [-0.4, -0.2) is 18.9 Å². The molecule has 0 aliphatic carbocycles. The van der Waals surface area contributed by atoms with Crippen molar-refractivity contribution in [1.82, 2.24) is 4.98 Å². The minimum absolute atomic E-state index is 0.00192. The summed E-state index contributed by atoms with van der Waals surface area (Å²) in [5, 5.41) is 18.6. The molecule has 2 heterocycles. The lowest BCUT2D eigenvalue weighted by Gasteiger charge is -2.11. The molecule has 0 atom stereocenters. The van der Waals surface area contributed by atoms with Crippen LogP contribution in [0.4, 0.5) is 5.82 Å². The van der Waals surface area contributed by atoms with Gasteiger partial charge in [0, 0.05) is 5.56 Å². The number of methoxy groups -OCH3 is 1. The van der Waals surface area contributed by atoms with Crippen LogP contribution in [0.5, 0.6) is 17.2 Å². The van der Waals surface area contributed by atoms with Gasteiger partial charge in [0.05, 0.1) is 7.11 Å². The standard InChI is InChI=1S/C15H10N4O4/c1-21-10-2-7(3-11-13(10)23-6-22-11)12-8(4-16)14(18)19-15(20)9(12)5-17/h2-3H,6H2,1H3,(H3,18,19,20). The highest BCUT2D eigenvalue weighted by Gasteiger charge is 2.24. The average molecular weight is 310 g/mol. The van der Waals surface area contributed by atoms with Crippen LogP contribution in [0.3, 0.4) is 0 Å². The number of benzene rings is 1. The maximum atomic E-state index is 12.0. The maximum absolute atomic E-state index is 12.0. The highest BCUT2D eigenvalue weighted by Crippen LogP contribution is 2.45. The van der Waals surface area contributed by atoms with E-state index in [4.69, 9.17) is 19.9 Å². The van der Waals surface area contributed by atoms with E-state index in [1.807, 2.05) is 6.07 Å². The van der Waals surface area contributed by atoms with E-state index >= 15 is 0 Å². The third-order valence-corrected chi connectivity index (χ3v) is 3.42. The summed E-state index contributed by atoms with van der Waals surface area (Å²) in [5.41, 5.74) is 5.35. The first-order valence-corrected chi connectivity index (χ1v) is 6.44. The van der Waals surface area contributed by atoms with Crippen molar-refractivity contribution in [1.29, 1.82) is 10.5 Å². The number of rotatable bonds is 2. The summed E-state index contributed by atoms with van der Waals surface area (Å²) < 4.78 is 15.9. The second-order valence-electron chi connectivity index (χ2n) is 4.63. The molecule has 3 rings (SSSR count). The Morgan fingerprint density at radius 2 is 2.00 bits per heavy atom. The fourth-order valence-corrected chi connectivity index (χ4v) is 2.41. The Hall–Kier alpha value is -3.65. The molecule has 8 heteroatoms. The lowest BCUT2D eigenvalue weighted by molar-refractivity contribution is 0.171. The topological polar surface area (TPSA) is 134 Å². The van der Waals surface area contributed by atoms with E-state index < -0.39 is 5.56 Å². The molecule has 1 aromatic carbocycles. The number of nitrogens with one attached hydrogen (secondary N) is 1. The molecule has 0 spiro atoms. The minimum Gasteiger partial charge on any atom is -0.493 e. The number of nitrogens with two attached hydrogens (primary N) is 1. The average Bonchev–Trinajstić information content (AvgIpc) is 3.01. The monoisotopic (exact) mass is 310 g/mol. The summed E-state index contributed by atoms with van der Waals surface area (Å²) in [5.74, 6) is 1.07. The molecule has 0 bridgehead atoms. The minimum atomic E-state index is -0.671. The second-order valence-corrected chi connectivity index (χ2v) is 4.63. The van der Waals surface area contributed by atoms with Gasteiger partial charge in [-0.15, -0.1) is 0 Å². The molecule has 23 heavy (non-hydrogen) atoms. The predicted molar refractivity (Wildman–Crippen MR) is 79.0 cm³/mol. The molecule has 0 amide bonds. The number of nitriles is 2. The zero-order valence-electron chi connectivity index (χ0n) is 12.0. The van der Waals surface area contributed by atoms with Crippen LogP contribution < -0.4 is 25.5 Å². The number of hydrogen-bond acceptors (Lipinski definition) is 7. The number of nitrogens with zero attached hydrogens (tertiary/aromatic N) is 2. The van der Waals surface area contributed by atoms with Gasteiger partial charge < -0.3 is 24.9 Å². The third kappa shape index (κ3) is 2.10. The van der Waals surface area contributed by atoms with Crippen molar-refractivity contribution in [2.75, 3.05) is 19.6 Å². The normalized spacial score (nSPS) is 11.6. The zero-order valence-corrected chi connectivity index (χ0v) is 12.0. The van der Waals surface area contributed by atoms with E-state index in [1.165, 1.54) is 7.11 Å². The summed E-state index contributed by atoms with van der Waals surface area (Å²) in [6.45, 7) is 0.0306. The molecule has 1 aliphatic rings. The van der Waals surface area contributed by atoms with Crippen LogP contribution in [-0.2, 0) is 0 Å². The number of aromatic amines is 1. The fourth-order valence-electron chi connectivity index (χ4n) is 2.41. The molecule has 114 valence electrons. The first-order chi connectivity index (χ1) is 11.1. The van der Waals surface area contributed by atoms with Crippen molar-refractivity contribution in [3.63, 3.8) is 0 Å². The molecule has 2 aromatic rings. The number of ether oxygens (including phenoxy) is 3. The smallest absolute Gasteiger partial charge is 0.268 e. The molecule has 8 nitrogen and oxygen atoms in total. The number of pyridine rings is 1. The van der Waals surface area contributed by atoms with Crippen LogP contribution >= 0.6 is 0 Å². The maximum Gasteiger partial charge on any atom is 0.268 e. The summed E-state index contributed by atoms with van der Waals surface area (Å²) in [6.07, 6.45) is 0. The van der Waals surface area contributed by atoms with Crippen LogP contribution in [0, 0.1) is 22.7 Å². The van der Waals surface area contributed by atoms with Gasteiger partial charge in [-0.2, -0.15) is 10.5 Å². The van der Waals surface area contributed by atoms with Gasteiger partial charge in [-0.3, -0.25) is 4.79 Å². The number of fused-ring (bicyclic) bond motifs is 1. The van der Waals surface area contributed by atoms with Crippen molar-refractivity contribution in [2.24, 2.45) is 0 Å². The molecular weight excluding hydrogens is 300 g/mol. The molecule has 3 N–H and O–H groups in total. The van der Waals surface area contributed by atoms with E-state index in [2.05, 4.69) is 4.98 Å². The predicted octanol–water partition coefficient (Wildman–Crippen LogP) is 1.10. The molecule has 0 fully saturated rings. The Kier molecular flexibility index (Phi) is 3.28. The second kappa shape index (κ2) is 5.28. The van der Waals surface area contributed by atoms with Gasteiger partial charge in [0.1, 0.15) is 29.1 Å². The highest BCUT2D eigenvalue weighted by molar-refractivity contribution is 5.82. The van der Waals surface area contributed by atoms with Crippen LogP contribution in [0.15, 0.2) is 16.9 Å². The highest BCUT2D eigenvalue weighted by atomic mass is 16.7. The van der Waals surface area contributed by atoms with Crippen molar-refractivity contribution < 1.29 is 14.2 Å². The van der Waals surface area contributed by atoms with E-state index in [0.29, 0.717) is 22.8 Å². The fraction of sp³-hybridized carbons (Fsp3) is 0.133. The molecule has 0 radical (unpaired) electrons. The Morgan fingerprint density at radius 1 is 1.26 bits per heavy atom. The number of H-pyrrole nitrogens is 1. The van der Waals surface area contributed by atoms with E-state index in [9.17, 15) is 15.3 Å². The van der Waals surface area contributed by atoms with Crippen molar-refractivity contribution in [3.05, 3.63) is 33.6 Å². The lowest BCUT2D eigenvalue weighted by atomic mass is 9.96. The number of anilines is 1. The van der Waals surface area contributed by atoms with Crippen molar-refractivity contribution in [2.45, 2.75) is 0 Å². The van der Waals surface area contributed by atoms with Gasteiger partial charge in [0.25, 0.3) is 5.56 Å². The Morgan fingerprint density at radius 3 is 2.65 bits per heavy atom. The molecular formula is C15H10N4O4. The molecule has 1 aliphatic heterocycles. The summed E-state index contributed by atoms with van der Waals surface area (Å²) >= 11 is 0. The quantitative estimate of drug-likeness (QED) is 0.848. The Bertz CT molecular complexity index is 950. The summed E-state index contributed by atoms with van der Waals surface area (Å²) in [6, 6.07) is 6.85. The zero-order chi connectivity index (χ0) is 16.6. The van der Waals surface area contributed by atoms with Gasteiger partial charge in [-0.1, -0.05) is 0 Å². The lowest BCUT2D eigenvalue weighted by Crippen LogP contribution is -2.16. The Balaban J connectivity index is 2.39. The first-order valence-electron chi connectivity index (χ1n) is 6.44. The summed E-state index contributed by atoms with van der Waals surface area (Å²) in [7, 11) is 1.45. The van der Waals surface area contributed by atoms with Gasteiger partial charge in [-0.25, -0.2) is 0 Å². The number of aromatic nitrogens is 1. The van der Waals surface area contributed by atoms with Gasteiger partial charge >= 0.3 is 0 Å². The molecule has 0 saturated heterocycles. The van der Waals surface area contributed by atoms with Gasteiger partial charge in [-0.05, 0) is 17.7 Å². The first kappa shape index (κ1) is 14.3. The third-order valence-electron chi connectivity index (χ3n) is 3.42. The van der Waals surface area contributed by atoms with Crippen molar-refractivity contribution in [3.8, 4) is 40.5 Å². The number of nitrogen functional groups attached to an aromatic ring is 1. The Labute approximate surface area is 130 Å². The van der Waals surface area contributed by atoms with E-state index in [1.54, 1.807) is 18.2 Å². The molecule has 0 saturated carbocycles. The number of hydrogen-bond donors (Lipinski definition) is 2. The van der Waals surface area contributed by atoms with Crippen LogP contribution in [0.25, 0.3) is 11.1 Å². The van der Waals surface area contributed by atoms with E-state index in [0.717, 1.165) is 0 Å².